The number of hydrogen-bond donors (Lipinski definition) is 1. The van der Waals surface area contributed by atoms with Gasteiger partial charge in [0.05, 0.1) is 36.3 Å². The molecule has 192 valence electrons. The summed E-state index contributed by atoms with van der Waals surface area (Å²) in [4.78, 5) is 32.0. The largest absolute Gasteiger partial charge is 0.378 e. The number of carbonyl (C=O) groups is 1. The van der Waals surface area contributed by atoms with E-state index in [1.807, 2.05) is 18.7 Å². The number of nitrogens with zero attached hydrogens (tertiary/aromatic N) is 7. The molecule has 1 aromatic carbocycles. The molecule has 5 rings (SSSR count). The van der Waals surface area contributed by atoms with Crippen molar-refractivity contribution < 1.29 is 18.3 Å². The van der Waals surface area contributed by atoms with Gasteiger partial charge in [0.2, 0.25) is 11.9 Å². The second-order valence-electron chi connectivity index (χ2n) is 9.56. The molecule has 2 aromatic heterocycles. The van der Waals surface area contributed by atoms with Crippen LogP contribution in [0.4, 0.5) is 20.5 Å². The third-order valence-electron chi connectivity index (χ3n) is 6.69. The summed E-state index contributed by atoms with van der Waals surface area (Å²) in [5.41, 5.74) is 6.14. The Balaban J connectivity index is 1.61. The molecule has 0 radical (unpaired) electrons. The minimum atomic E-state index is -2.78. The Morgan fingerprint density at radius 3 is 2.47 bits per heavy atom. The number of carbonyl (C=O) groups excluding carboxylic acids is 1. The number of amides is 1. The number of hydrogen-bond acceptors (Lipinski definition) is 8. The monoisotopic (exact) mass is 500 g/mol. The summed E-state index contributed by atoms with van der Waals surface area (Å²) < 4.78 is 35.1. The maximum atomic E-state index is 14.1. The summed E-state index contributed by atoms with van der Waals surface area (Å²) in [6, 6.07) is 8.74. The van der Waals surface area contributed by atoms with Gasteiger partial charge in [0, 0.05) is 38.8 Å². The molecule has 0 unspecified atom stereocenters. The van der Waals surface area contributed by atoms with Crippen molar-refractivity contribution in [2.75, 3.05) is 62.3 Å². The maximum Gasteiger partial charge on any atom is 0.296 e. The predicted molar refractivity (Wildman–Crippen MR) is 132 cm³/mol. The third-order valence-corrected chi connectivity index (χ3v) is 6.69. The van der Waals surface area contributed by atoms with Crippen molar-refractivity contribution in [3.05, 3.63) is 36.2 Å². The Labute approximate surface area is 207 Å². The average Bonchev–Trinajstić information content (AvgIpc) is 3.28. The van der Waals surface area contributed by atoms with Gasteiger partial charge >= 0.3 is 0 Å². The molecule has 2 fully saturated rings. The van der Waals surface area contributed by atoms with Crippen LogP contribution in [0, 0.1) is 0 Å². The van der Waals surface area contributed by atoms with Crippen molar-refractivity contribution in [2.24, 2.45) is 5.73 Å². The zero-order chi connectivity index (χ0) is 25.4. The SMILES string of the molecule is CC1(C)CN(c2cc(-n3c(C(F)F)nc4ccccc43)nc(N3CCOCC3)n2)CCN1C(=O)CN. The number of morpholine rings is 1. The number of piperazine rings is 1. The lowest BCUT2D eigenvalue weighted by molar-refractivity contribution is -0.135. The first kappa shape index (κ1) is 24.3. The van der Waals surface area contributed by atoms with Gasteiger partial charge in [-0.1, -0.05) is 12.1 Å². The first-order valence-corrected chi connectivity index (χ1v) is 12.0. The number of fused-ring (bicyclic) bond motifs is 1. The number of aromatic nitrogens is 4. The Kier molecular flexibility index (Phi) is 6.47. The minimum Gasteiger partial charge on any atom is -0.378 e. The molecule has 0 aliphatic carbocycles. The van der Waals surface area contributed by atoms with Crippen molar-refractivity contribution >= 4 is 28.7 Å². The Morgan fingerprint density at radius 1 is 1.06 bits per heavy atom. The van der Waals surface area contributed by atoms with Crippen molar-refractivity contribution in [3.8, 4) is 5.82 Å². The van der Waals surface area contributed by atoms with Gasteiger partial charge in [0.15, 0.2) is 5.82 Å². The molecule has 0 atom stereocenters. The van der Waals surface area contributed by atoms with Crippen LogP contribution >= 0.6 is 0 Å². The van der Waals surface area contributed by atoms with Gasteiger partial charge < -0.3 is 25.2 Å². The smallest absolute Gasteiger partial charge is 0.296 e. The first-order valence-electron chi connectivity index (χ1n) is 12.0. The number of halogens is 2. The Hall–Kier alpha value is -3.38. The number of para-hydroxylation sites is 2. The summed E-state index contributed by atoms with van der Waals surface area (Å²) in [7, 11) is 0. The topological polar surface area (TPSA) is 106 Å². The summed E-state index contributed by atoms with van der Waals surface area (Å²) in [5, 5.41) is 0. The standard InChI is InChI=1S/C24H30F2N8O2/c1-24(2)15-32(7-8-33(24)20(35)14-27)18-13-19(30-23(29-18)31-9-11-36-12-10-31)34-17-6-4-3-5-16(17)28-22(34)21(25)26/h3-6,13,21H,7-12,14-15,27H2,1-2H3. The lowest BCUT2D eigenvalue weighted by Gasteiger charge is -2.47. The number of benzene rings is 1. The van der Waals surface area contributed by atoms with E-state index in [1.54, 1.807) is 35.2 Å². The number of nitrogens with two attached hydrogens (primary N) is 1. The predicted octanol–water partition coefficient (Wildman–Crippen LogP) is 1.98. The number of anilines is 2. The highest BCUT2D eigenvalue weighted by Gasteiger charge is 2.37. The van der Waals surface area contributed by atoms with E-state index in [1.165, 1.54) is 4.57 Å². The zero-order valence-electron chi connectivity index (χ0n) is 20.4. The van der Waals surface area contributed by atoms with Crippen LogP contribution in [0.3, 0.4) is 0 Å². The molecule has 2 N–H and O–H groups in total. The molecule has 3 aromatic rings. The molecule has 4 heterocycles. The summed E-state index contributed by atoms with van der Waals surface area (Å²) in [6.07, 6.45) is -2.78. The van der Waals surface area contributed by atoms with Gasteiger partial charge in [0.25, 0.3) is 6.43 Å². The molecule has 12 heteroatoms. The summed E-state index contributed by atoms with van der Waals surface area (Å²) in [6.45, 7) is 7.69. The molecule has 1 amide bonds. The fourth-order valence-electron chi connectivity index (χ4n) is 4.95. The third kappa shape index (κ3) is 4.46. The summed E-state index contributed by atoms with van der Waals surface area (Å²) in [5.74, 6) is 0.897. The van der Waals surface area contributed by atoms with Crippen molar-refractivity contribution in [1.29, 1.82) is 0 Å². The van der Waals surface area contributed by atoms with Gasteiger partial charge in [-0.25, -0.2) is 13.8 Å². The van der Waals surface area contributed by atoms with Crippen LogP contribution in [0.5, 0.6) is 0 Å². The van der Waals surface area contributed by atoms with Crippen LogP contribution in [0.25, 0.3) is 16.9 Å². The fourth-order valence-corrected chi connectivity index (χ4v) is 4.95. The van der Waals surface area contributed by atoms with Gasteiger partial charge in [-0.3, -0.25) is 9.36 Å². The number of ether oxygens (including phenoxy) is 1. The van der Waals surface area contributed by atoms with E-state index in [0.717, 1.165) is 0 Å². The van der Waals surface area contributed by atoms with Crippen LogP contribution in [-0.4, -0.2) is 88.3 Å². The van der Waals surface area contributed by atoms with Gasteiger partial charge in [-0.05, 0) is 26.0 Å². The van der Waals surface area contributed by atoms with E-state index < -0.39 is 12.0 Å². The molecule has 0 saturated carbocycles. The Morgan fingerprint density at radius 2 is 1.78 bits per heavy atom. The lowest BCUT2D eigenvalue weighted by atomic mass is 9.98. The minimum absolute atomic E-state index is 0.0492. The molecule has 0 spiro atoms. The molecule has 10 nitrogen and oxygen atoms in total. The van der Waals surface area contributed by atoms with Crippen LogP contribution in [-0.2, 0) is 9.53 Å². The number of imidazole rings is 1. The highest BCUT2D eigenvalue weighted by atomic mass is 19.3. The van der Waals surface area contributed by atoms with Crippen LogP contribution < -0.4 is 15.5 Å². The van der Waals surface area contributed by atoms with Gasteiger partial charge in [0.1, 0.15) is 11.6 Å². The molecular formula is C24H30F2N8O2. The van der Waals surface area contributed by atoms with Crippen molar-refractivity contribution in [1.82, 2.24) is 24.4 Å². The quantitative estimate of drug-likeness (QED) is 0.567. The molecular weight excluding hydrogens is 470 g/mol. The summed E-state index contributed by atoms with van der Waals surface area (Å²) >= 11 is 0. The second kappa shape index (κ2) is 9.58. The number of alkyl halides is 2. The van der Waals surface area contributed by atoms with Gasteiger partial charge in [-0.15, -0.1) is 0 Å². The molecule has 2 saturated heterocycles. The Bertz CT molecular complexity index is 1260. The zero-order valence-corrected chi connectivity index (χ0v) is 20.4. The normalized spacial score (nSPS) is 18.3. The van der Waals surface area contributed by atoms with Crippen molar-refractivity contribution in [2.45, 2.75) is 25.8 Å². The molecule has 2 aliphatic heterocycles. The second-order valence-corrected chi connectivity index (χ2v) is 9.56. The highest BCUT2D eigenvalue weighted by molar-refractivity contribution is 5.79. The fraction of sp³-hybridized carbons (Fsp3) is 0.500. The molecule has 36 heavy (non-hydrogen) atoms. The van der Waals surface area contributed by atoms with E-state index in [9.17, 15) is 13.6 Å². The van der Waals surface area contributed by atoms with Crippen molar-refractivity contribution in [3.63, 3.8) is 0 Å². The van der Waals surface area contributed by atoms with E-state index in [-0.39, 0.29) is 18.3 Å². The lowest BCUT2D eigenvalue weighted by Crippen LogP contribution is -2.62. The molecule has 2 aliphatic rings. The van der Waals surface area contributed by atoms with Crippen LogP contribution in [0.1, 0.15) is 26.1 Å². The first-order chi connectivity index (χ1) is 17.3. The maximum absolute atomic E-state index is 14.1. The molecule has 0 bridgehead atoms. The van der Waals surface area contributed by atoms with Crippen LogP contribution in [0.15, 0.2) is 30.3 Å². The highest BCUT2D eigenvalue weighted by Crippen LogP contribution is 2.31. The van der Waals surface area contributed by atoms with Gasteiger partial charge in [-0.2, -0.15) is 9.97 Å². The van der Waals surface area contributed by atoms with Crippen LogP contribution in [0.2, 0.25) is 0 Å². The van der Waals surface area contributed by atoms with E-state index in [2.05, 4.69) is 9.88 Å². The van der Waals surface area contributed by atoms with E-state index in [0.29, 0.717) is 74.6 Å². The van der Waals surface area contributed by atoms with E-state index >= 15 is 0 Å². The number of rotatable bonds is 5. The average molecular weight is 501 g/mol. The van der Waals surface area contributed by atoms with E-state index in [4.69, 9.17) is 20.4 Å².